The van der Waals surface area contributed by atoms with E-state index in [0.29, 0.717) is 24.8 Å². The van der Waals surface area contributed by atoms with Crippen molar-refractivity contribution in [3.63, 3.8) is 0 Å². The Balaban J connectivity index is 1.50. The number of alkyl halides is 3. The van der Waals surface area contributed by atoms with Crippen LogP contribution in [0.25, 0.3) is 16.4 Å². The number of likely N-dealkylation sites (tertiary alicyclic amines) is 1. The van der Waals surface area contributed by atoms with Crippen LogP contribution in [-0.4, -0.2) is 38.7 Å². The average Bonchev–Trinajstić information content (AvgIpc) is 3.17. The second-order valence-corrected chi connectivity index (χ2v) is 8.45. The zero-order valence-corrected chi connectivity index (χ0v) is 16.1. The number of carbonyl (C=O) groups is 1. The van der Waals surface area contributed by atoms with E-state index in [4.69, 9.17) is 0 Å². The van der Waals surface area contributed by atoms with Crippen molar-refractivity contribution in [3.8, 4) is 16.4 Å². The number of thiophene rings is 1. The van der Waals surface area contributed by atoms with Gasteiger partial charge in [-0.2, -0.15) is 13.2 Å². The molecule has 5 nitrogen and oxygen atoms in total. The zero-order valence-electron chi connectivity index (χ0n) is 15.3. The van der Waals surface area contributed by atoms with Gasteiger partial charge >= 0.3 is 6.18 Å². The van der Waals surface area contributed by atoms with Crippen LogP contribution in [0.3, 0.4) is 0 Å². The standard InChI is InChI=1S/C20H17F3N4OS/c21-20(22,23)14-3-1-4-15(9-14)27-18(16-5-2-8-29-16)24-17(25-27)19(28)26-10-13(11-26)12-6-7-12/h1-5,8-9,12-13H,6-7,10-11H2. The molecule has 0 atom stereocenters. The lowest BCUT2D eigenvalue weighted by Gasteiger charge is -2.38. The Kier molecular flexibility index (Phi) is 4.23. The molecule has 2 aromatic heterocycles. The summed E-state index contributed by atoms with van der Waals surface area (Å²) in [4.78, 5) is 19.7. The topological polar surface area (TPSA) is 51.0 Å². The highest BCUT2D eigenvalue weighted by atomic mass is 32.1. The predicted molar refractivity (Wildman–Crippen MR) is 102 cm³/mol. The van der Waals surface area contributed by atoms with Gasteiger partial charge in [0.1, 0.15) is 0 Å². The molecule has 0 spiro atoms. The van der Waals surface area contributed by atoms with Crippen LogP contribution in [0.2, 0.25) is 0 Å². The summed E-state index contributed by atoms with van der Waals surface area (Å²) >= 11 is 1.39. The van der Waals surface area contributed by atoms with Gasteiger partial charge in [-0.15, -0.1) is 16.4 Å². The van der Waals surface area contributed by atoms with E-state index in [1.807, 2.05) is 11.4 Å². The van der Waals surface area contributed by atoms with E-state index in [9.17, 15) is 18.0 Å². The van der Waals surface area contributed by atoms with Crippen molar-refractivity contribution < 1.29 is 18.0 Å². The van der Waals surface area contributed by atoms with Crippen molar-refractivity contribution in [2.45, 2.75) is 19.0 Å². The molecule has 0 N–H and O–H groups in total. The minimum absolute atomic E-state index is 0.0139. The molecule has 1 saturated heterocycles. The van der Waals surface area contributed by atoms with E-state index in [1.165, 1.54) is 41.0 Å². The van der Waals surface area contributed by atoms with Crippen molar-refractivity contribution in [2.75, 3.05) is 13.1 Å². The number of aromatic nitrogens is 3. The van der Waals surface area contributed by atoms with E-state index in [1.54, 1.807) is 11.0 Å². The number of rotatable bonds is 4. The Morgan fingerprint density at radius 1 is 1.10 bits per heavy atom. The molecule has 0 radical (unpaired) electrons. The molecular formula is C20H17F3N4OS. The minimum Gasteiger partial charge on any atom is -0.335 e. The maximum absolute atomic E-state index is 13.2. The van der Waals surface area contributed by atoms with Gasteiger partial charge in [-0.25, -0.2) is 9.67 Å². The lowest BCUT2D eigenvalue weighted by Crippen LogP contribution is -2.51. The first kappa shape index (κ1) is 18.4. The van der Waals surface area contributed by atoms with Crippen LogP contribution in [0.15, 0.2) is 41.8 Å². The summed E-state index contributed by atoms with van der Waals surface area (Å²) in [6.45, 7) is 1.41. The summed E-state index contributed by atoms with van der Waals surface area (Å²) < 4.78 is 40.8. The molecule has 3 aromatic rings. The number of benzene rings is 1. The number of hydrogen-bond acceptors (Lipinski definition) is 4. The quantitative estimate of drug-likeness (QED) is 0.627. The van der Waals surface area contributed by atoms with Crippen LogP contribution in [0.1, 0.15) is 29.0 Å². The Bertz CT molecular complexity index is 1050. The van der Waals surface area contributed by atoms with Crippen LogP contribution < -0.4 is 0 Å². The minimum atomic E-state index is -4.46. The molecule has 3 heterocycles. The third kappa shape index (κ3) is 3.43. The average molecular weight is 418 g/mol. The van der Waals surface area contributed by atoms with Crippen molar-refractivity contribution in [3.05, 3.63) is 53.2 Å². The highest BCUT2D eigenvalue weighted by Crippen LogP contribution is 2.41. The number of carbonyl (C=O) groups excluding carboxylic acids is 1. The monoisotopic (exact) mass is 418 g/mol. The van der Waals surface area contributed by atoms with Gasteiger partial charge in [0.05, 0.1) is 16.1 Å². The first-order valence-corrected chi connectivity index (χ1v) is 10.3. The summed E-state index contributed by atoms with van der Waals surface area (Å²) in [5.41, 5.74) is -0.556. The fourth-order valence-electron chi connectivity index (χ4n) is 3.65. The predicted octanol–water partition coefficient (Wildman–Crippen LogP) is 4.50. The fraction of sp³-hybridized carbons (Fsp3) is 0.350. The molecule has 2 fully saturated rings. The molecule has 1 aliphatic heterocycles. The van der Waals surface area contributed by atoms with Gasteiger partial charge in [-0.1, -0.05) is 12.1 Å². The van der Waals surface area contributed by atoms with E-state index >= 15 is 0 Å². The Hall–Kier alpha value is -2.68. The molecule has 1 aliphatic carbocycles. The van der Waals surface area contributed by atoms with Gasteiger partial charge in [0, 0.05) is 13.1 Å². The second kappa shape index (κ2) is 6.69. The summed E-state index contributed by atoms with van der Waals surface area (Å²) in [7, 11) is 0. The molecule has 1 amide bonds. The third-order valence-electron chi connectivity index (χ3n) is 5.44. The summed E-state index contributed by atoms with van der Waals surface area (Å²) in [5, 5.41) is 6.15. The highest BCUT2D eigenvalue weighted by molar-refractivity contribution is 7.13. The highest BCUT2D eigenvalue weighted by Gasteiger charge is 2.42. The smallest absolute Gasteiger partial charge is 0.335 e. The van der Waals surface area contributed by atoms with Crippen molar-refractivity contribution >= 4 is 17.2 Å². The summed E-state index contributed by atoms with van der Waals surface area (Å²) in [6.07, 6.45) is -2.00. The fourth-order valence-corrected chi connectivity index (χ4v) is 4.35. The molecule has 150 valence electrons. The lowest BCUT2D eigenvalue weighted by atomic mass is 9.95. The first-order chi connectivity index (χ1) is 13.9. The molecule has 0 bridgehead atoms. The molecule has 1 saturated carbocycles. The molecule has 9 heteroatoms. The van der Waals surface area contributed by atoms with E-state index < -0.39 is 11.7 Å². The number of nitrogens with zero attached hydrogens (tertiary/aromatic N) is 4. The van der Waals surface area contributed by atoms with Crippen molar-refractivity contribution in [1.29, 1.82) is 0 Å². The number of amides is 1. The van der Waals surface area contributed by atoms with E-state index in [0.717, 1.165) is 22.9 Å². The zero-order chi connectivity index (χ0) is 20.2. The second-order valence-electron chi connectivity index (χ2n) is 7.50. The molecule has 2 aliphatic rings. The van der Waals surface area contributed by atoms with Gasteiger partial charge in [0.25, 0.3) is 5.91 Å². The first-order valence-electron chi connectivity index (χ1n) is 9.38. The SMILES string of the molecule is O=C(c1nc(-c2cccs2)n(-c2cccc(C(F)(F)F)c2)n1)N1CC(C2CC2)C1. The molecule has 29 heavy (non-hydrogen) atoms. The Morgan fingerprint density at radius 2 is 1.90 bits per heavy atom. The van der Waals surface area contributed by atoms with Crippen molar-refractivity contribution in [2.24, 2.45) is 11.8 Å². The molecular weight excluding hydrogens is 401 g/mol. The van der Waals surface area contributed by atoms with Gasteiger partial charge in [-0.3, -0.25) is 4.79 Å². The third-order valence-corrected chi connectivity index (χ3v) is 6.31. The largest absolute Gasteiger partial charge is 0.416 e. The van der Waals surface area contributed by atoms with Crippen LogP contribution in [-0.2, 0) is 6.18 Å². The summed E-state index contributed by atoms with van der Waals surface area (Å²) in [6, 6.07) is 8.52. The van der Waals surface area contributed by atoms with Gasteiger partial charge in [-0.05, 0) is 54.3 Å². The molecule has 5 rings (SSSR count). The summed E-state index contributed by atoms with van der Waals surface area (Å²) in [5.74, 6) is 1.39. The number of hydrogen-bond donors (Lipinski definition) is 0. The Morgan fingerprint density at radius 3 is 2.55 bits per heavy atom. The number of halogens is 3. The van der Waals surface area contributed by atoms with Crippen LogP contribution in [0.5, 0.6) is 0 Å². The van der Waals surface area contributed by atoms with Crippen LogP contribution in [0, 0.1) is 11.8 Å². The molecule has 1 aromatic carbocycles. The van der Waals surface area contributed by atoms with E-state index in [-0.39, 0.29) is 17.4 Å². The van der Waals surface area contributed by atoms with Gasteiger partial charge in [0.15, 0.2) is 5.82 Å². The Labute approximate surface area is 168 Å². The van der Waals surface area contributed by atoms with Crippen LogP contribution >= 0.6 is 11.3 Å². The lowest BCUT2D eigenvalue weighted by molar-refractivity contribution is -0.137. The maximum atomic E-state index is 13.2. The van der Waals surface area contributed by atoms with Gasteiger partial charge in [0.2, 0.25) is 5.82 Å². The van der Waals surface area contributed by atoms with Crippen LogP contribution in [0.4, 0.5) is 13.2 Å². The normalized spacial score (nSPS) is 17.4. The van der Waals surface area contributed by atoms with Crippen molar-refractivity contribution in [1.82, 2.24) is 19.7 Å². The van der Waals surface area contributed by atoms with Gasteiger partial charge < -0.3 is 4.90 Å². The van der Waals surface area contributed by atoms with E-state index in [2.05, 4.69) is 10.1 Å². The maximum Gasteiger partial charge on any atom is 0.416 e. The molecule has 0 unspecified atom stereocenters.